The second-order valence-corrected chi connectivity index (χ2v) is 4.57. The Morgan fingerprint density at radius 1 is 1.65 bits per heavy atom. The van der Waals surface area contributed by atoms with E-state index >= 15 is 0 Å². The molecule has 0 radical (unpaired) electrons. The fraction of sp³-hybridized carbons (Fsp3) is 0.364. The highest BCUT2D eigenvalue weighted by atomic mass is 35.5. The van der Waals surface area contributed by atoms with Gasteiger partial charge in [0.15, 0.2) is 0 Å². The molecule has 0 aliphatic carbocycles. The number of pyridine rings is 1. The van der Waals surface area contributed by atoms with Gasteiger partial charge in [-0.25, -0.2) is 4.98 Å². The van der Waals surface area contributed by atoms with Crippen LogP contribution < -0.4 is 11.1 Å². The molecule has 1 aromatic heterocycles. The van der Waals surface area contributed by atoms with Crippen molar-refractivity contribution in [1.82, 2.24) is 10.3 Å². The van der Waals surface area contributed by atoms with Gasteiger partial charge in [-0.05, 0) is 18.6 Å². The highest BCUT2D eigenvalue weighted by molar-refractivity contribution is 7.80. The molecule has 1 heterocycles. The molecule has 4 nitrogen and oxygen atoms in total. The maximum absolute atomic E-state index is 11.8. The first-order valence-electron chi connectivity index (χ1n) is 5.23. The lowest BCUT2D eigenvalue weighted by molar-refractivity contribution is 0.0932. The van der Waals surface area contributed by atoms with Crippen LogP contribution in [0.4, 0.5) is 0 Å². The monoisotopic (exact) mass is 271 g/mol. The van der Waals surface area contributed by atoms with Crippen LogP contribution in [0.5, 0.6) is 0 Å². The van der Waals surface area contributed by atoms with Gasteiger partial charge in [0.05, 0.1) is 10.0 Å². The van der Waals surface area contributed by atoms with E-state index in [9.17, 15) is 4.79 Å². The lowest BCUT2D eigenvalue weighted by atomic mass is 10.1. The number of rotatable bonds is 5. The van der Waals surface area contributed by atoms with Gasteiger partial charge in [-0.2, -0.15) is 0 Å². The third-order valence-corrected chi connectivity index (χ3v) is 2.63. The first-order chi connectivity index (χ1) is 8.02. The zero-order chi connectivity index (χ0) is 12.8. The molecule has 6 heteroatoms. The summed E-state index contributed by atoms with van der Waals surface area (Å²) in [5.74, 6) is -0.246. The summed E-state index contributed by atoms with van der Waals surface area (Å²) in [5, 5.41) is 3.32. The van der Waals surface area contributed by atoms with Crippen molar-refractivity contribution in [3.8, 4) is 0 Å². The van der Waals surface area contributed by atoms with Crippen LogP contribution >= 0.6 is 23.8 Å². The van der Waals surface area contributed by atoms with Gasteiger partial charge in [-0.3, -0.25) is 4.79 Å². The van der Waals surface area contributed by atoms with E-state index in [1.807, 2.05) is 6.92 Å². The number of aromatic nitrogens is 1. The average Bonchev–Trinajstić information content (AvgIpc) is 2.28. The molecule has 0 aliphatic rings. The third kappa shape index (κ3) is 4.66. The van der Waals surface area contributed by atoms with Crippen molar-refractivity contribution in [1.29, 1.82) is 0 Å². The van der Waals surface area contributed by atoms with Crippen LogP contribution in [0.25, 0.3) is 0 Å². The molecular formula is C11H14ClN3OS. The summed E-state index contributed by atoms with van der Waals surface area (Å²) in [7, 11) is 0. The number of halogens is 1. The molecule has 1 rings (SSSR count). The Hall–Kier alpha value is -1.20. The Kier molecular flexibility index (Phi) is 5.31. The number of amides is 1. The maximum atomic E-state index is 11.8. The van der Waals surface area contributed by atoms with Crippen molar-refractivity contribution in [2.45, 2.75) is 25.8 Å². The number of hydrogen-bond acceptors (Lipinski definition) is 3. The summed E-state index contributed by atoms with van der Waals surface area (Å²) < 4.78 is 0. The predicted molar refractivity (Wildman–Crippen MR) is 72.2 cm³/mol. The molecule has 0 aromatic carbocycles. The molecule has 0 saturated carbocycles. The number of carbonyl (C=O) groups is 1. The summed E-state index contributed by atoms with van der Waals surface area (Å²) in [6, 6.07) is 3.14. The molecule has 1 aromatic rings. The van der Waals surface area contributed by atoms with Crippen LogP contribution in [-0.4, -0.2) is 21.9 Å². The summed E-state index contributed by atoms with van der Waals surface area (Å²) >= 11 is 10.5. The highest BCUT2D eigenvalue weighted by Crippen LogP contribution is 2.07. The van der Waals surface area contributed by atoms with Crippen molar-refractivity contribution < 1.29 is 4.79 Å². The van der Waals surface area contributed by atoms with Crippen LogP contribution in [0.3, 0.4) is 0 Å². The first kappa shape index (κ1) is 13.9. The summed E-state index contributed by atoms with van der Waals surface area (Å²) in [4.78, 5) is 16.1. The van der Waals surface area contributed by atoms with Gasteiger partial charge in [0, 0.05) is 18.7 Å². The van der Waals surface area contributed by atoms with Crippen molar-refractivity contribution in [2.24, 2.45) is 5.73 Å². The van der Waals surface area contributed by atoms with Crippen LogP contribution in [0.2, 0.25) is 5.02 Å². The smallest absolute Gasteiger partial charge is 0.270 e. The number of thiocarbonyl (C=S) groups is 1. The standard InChI is InChI=1S/C11H14ClN3OS/c1-2-8(5-10(13)17)15-11(16)9-4-3-7(12)6-14-9/h3-4,6,8H,2,5H2,1H3,(H2,13,17)(H,15,16). The largest absolute Gasteiger partial charge is 0.393 e. The number of hydrogen-bond donors (Lipinski definition) is 2. The molecule has 1 unspecified atom stereocenters. The SMILES string of the molecule is CCC(CC(N)=S)NC(=O)c1ccc(Cl)cn1. The minimum Gasteiger partial charge on any atom is -0.393 e. The van der Waals surface area contributed by atoms with E-state index in [0.717, 1.165) is 6.42 Å². The van der Waals surface area contributed by atoms with E-state index in [1.165, 1.54) is 6.20 Å². The van der Waals surface area contributed by atoms with Crippen molar-refractivity contribution in [3.63, 3.8) is 0 Å². The number of carbonyl (C=O) groups excluding carboxylic acids is 1. The molecule has 1 amide bonds. The van der Waals surface area contributed by atoms with E-state index in [4.69, 9.17) is 29.6 Å². The van der Waals surface area contributed by atoms with E-state index in [0.29, 0.717) is 22.1 Å². The minimum atomic E-state index is -0.246. The third-order valence-electron chi connectivity index (χ3n) is 2.24. The summed E-state index contributed by atoms with van der Waals surface area (Å²) in [5.41, 5.74) is 5.78. The van der Waals surface area contributed by atoms with Crippen molar-refractivity contribution >= 4 is 34.7 Å². The molecular weight excluding hydrogens is 258 g/mol. The quantitative estimate of drug-likeness (QED) is 0.803. The van der Waals surface area contributed by atoms with Gasteiger partial charge in [0.25, 0.3) is 5.91 Å². The van der Waals surface area contributed by atoms with Gasteiger partial charge >= 0.3 is 0 Å². The number of nitrogens with two attached hydrogens (primary N) is 1. The molecule has 0 aliphatic heterocycles. The van der Waals surface area contributed by atoms with E-state index in [2.05, 4.69) is 10.3 Å². The van der Waals surface area contributed by atoms with E-state index in [-0.39, 0.29) is 11.9 Å². The predicted octanol–water partition coefficient (Wildman–Crippen LogP) is 1.92. The molecule has 1 atom stereocenters. The molecule has 0 saturated heterocycles. The second kappa shape index (κ2) is 6.51. The molecule has 0 bridgehead atoms. The Bertz CT molecular complexity index is 408. The molecule has 0 spiro atoms. The van der Waals surface area contributed by atoms with Crippen LogP contribution in [0, 0.1) is 0 Å². The van der Waals surface area contributed by atoms with Gasteiger partial charge in [0.2, 0.25) is 0 Å². The minimum absolute atomic E-state index is 0.0579. The first-order valence-corrected chi connectivity index (χ1v) is 6.02. The lowest BCUT2D eigenvalue weighted by Gasteiger charge is -2.15. The maximum Gasteiger partial charge on any atom is 0.270 e. The molecule has 17 heavy (non-hydrogen) atoms. The Morgan fingerprint density at radius 2 is 2.35 bits per heavy atom. The van der Waals surface area contributed by atoms with Gasteiger partial charge in [-0.1, -0.05) is 30.7 Å². The molecule has 3 N–H and O–H groups in total. The summed E-state index contributed by atoms with van der Waals surface area (Å²) in [6.07, 6.45) is 2.69. The Labute approximate surface area is 111 Å². The number of nitrogens with zero attached hydrogens (tertiary/aromatic N) is 1. The zero-order valence-corrected chi connectivity index (χ0v) is 11.0. The van der Waals surface area contributed by atoms with Crippen molar-refractivity contribution in [3.05, 3.63) is 29.0 Å². The van der Waals surface area contributed by atoms with Gasteiger partial charge < -0.3 is 11.1 Å². The second-order valence-electron chi connectivity index (χ2n) is 3.61. The Morgan fingerprint density at radius 3 is 2.82 bits per heavy atom. The Balaban J connectivity index is 2.64. The zero-order valence-electron chi connectivity index (χ0n) is 9.44. The molecule has 0 fully saturated rings. The average molecular weight is 272 g/mol. The fourth-order valence-corrected chi connectivity index (χ4v) is 1.62. The number of nitrogens with one attached hydrogen (secondary N) is 1. The van der Waals surface area contributed by atoms with Gasteiger partial charge in [-0.15, -0.1) is 0 Å². The van der Waals surface area contributed by atoms with Crippen molar-refractivity contribution in [2.75, 3.05) is 0 Å². The van der Waals surface area contributed by atoms with Crippen LogP contribution in [0.1, 0.15) is 30.3 Å². The lowest BCUT2D eigenvalue weighted by Crippen LogP contribution is -2.37. The summed E-state index contributed by atoms with van der Waals surface area (Å²) in [6.45, 7) is 1.96. The highest BCUT2D eigenvalue weighted by Gasteiger charge is 2.13. The van der Waals surface area contributed by atoms with E-state index < -0.39 is 0 Å². The topological polar surface area (TPSA) is 68.0 Å². The van der Waals surface area contributed by atoms with Crippen LogP contribution in [0.15, 0.2) is 18.3 Å². The van der Waals surface area contributed by atoms with E-state index in [1.54, 1.807) is 12.1 Å². The fourth-order valence-electron chi connectivity index (χ4n) is 1.31. The molecule has 92 valence electrons. The van der Waals surface area contributed by atoms with Gasteiger partial charge in [0.1, 0.15) is 5.69 Å². The normalized spacial score (nSPS) is 11.9. The van der Waals surface area contributed by atoms with Crippen LogP contribution in [-0.2, 0) is 0 Å².